The Bertz CT molecular complexity index is 1770. The molecule has 1 heterocycles. The van der Waals surface area contributed by atoms with Gasteiger partial charge in [-0.05, 0) is 71.1 Å². The second kappa shape index (κ2) is 11.6. The Morgan fingerprint density at radius 1 is 0.950 bits per heavy atom. The van der Waals surface area contributed by atoms with E-state index in [4.69, 9.17) is 14.5 Å². The van der Waals surface area contributed by atoms with E-state index in [0.717, 1.165) is 47.1 Å². The van der Waals surface area contributed by atoms with Crippen molar-refractivity contribution in [3.63, 3.8) is 0 Å². The van der Waals surface area contributed by atoms with E-state index in [0.29, 0.717) is 29.0 Å². The van der Waals surface area contributed by atoms with Crippen LogP contribution >= 0.6 is 15.9 Å². The minimum Gasteiger partial charge on any atom is -0.493 e. The number of nitrogens with zero attached hydrogens (tertiary/aromatic N) is 3. The van der Waals surface area contributed by atoms with Crippen molar-refractivity contribution in [1.29, 1.82) is 0 Å². The first-order valence-corrected chi connectivity index (χ1v) is 14.4. The highest BCUT2D eigenvalue weighted by molar-refractivity contribution is 9.10. The average Bonchev–Trinajstić information content (AvgIpc) is 3.00. The van der Waals surface area contributed by atoms with Crippen LogP contribution in [0.1, 0.15) is 55.0 Å². The first-order chi connectivity index (χ1) is 19.6. The molecule has 202 valence electrons. The summed E-state index contributed by atoms with van der Waals surface area (Å²) in [5.74, 6) is 2.19. The maximum atomic E-state index is 13.6. The van der Waals surface area contributed by atoms with E-state index in [-0.39, 0.29) is 11.5 Å². The van der Waals surface area contributed by atoms with Crippen LogP contribution in [0.3, 0.4) is 0 Å². The second-order valence-electron chi connectivity index (χ2n) is 10.2. The molecule has 0 saturated heterocycles. The van der Waals surface area contributed by atoms with Crippen molar-refractivity contribution in [2.24, 2.45) is 5.10 Å². The molecule has 7 heteroatoms. The van der Waals surface area contributed by atoms with Crippen molar-refractivity contribution >= 4 is 43.8 Å². The van der Waals surface area contributed by atoms with Crippen LogP contribution in [-0.4, -0.2) is 23.0 Å². The Labute approximate surface area is 241 Å². The van der Waals surface area contributed by atoms with Gasteiger partial charge in [-0.15, -0.1) is 0 Å². The third-order valence-electron chi connectivity index (χ3n) is 7.58. The lowest BCUT2D eigenvalue weighted by Crippen LogP contribution is -2.25. The minimum absolute atomic E-state index is 0.162. The second-order valence-corrected chi connectivity index (χ2v) is 11.1. The lowest BCUT2D eigenvalue weighted by Gasteiger charge is -2.22. The third-order valence-corrected chi connectivity index (χ3v) is 8.07. The summed E-state index contributed by atoms with van der Waals surface area (Å²) in [5.41, 5.74) is 2.45. The molecule has 0 unspecified atom stereocenters. The predicted molar refractivity (Wildman–Crippen MR) is 164 cm³/mol. The van der Waals surface area contributed by atoms with Crippen LogP contribution in [0.25, 0.3) is 21.7 Å². The van der Waals surface area contributed by atoms with Crippen LogP contribution in [0.4, 0.5) is 0 Å². The molecule has 40 heavy (non-hydrogen) atoms. The highest BCUT2D eigenvalue weighted by Crippen LogP contribution is 2.33. The molecule has 0 spiro atoms. The van der Waals surface area contributed by atoms with E-state index in [9.17, 15) is 4.79 Å². The van der Waals surface area contributed by atoms with E-state index in [1.165, 1.54) is 21.9 Å². The van der Waals surface area contributed by atoms with Gasteiger partial charge in [-0.25, -0.2) is 4.98 Å². The van der Waals surface area contributed by atoms with Gasteiger partial charge >= 0.3 is 0 Å². The molecule has 6 nitrogen and oxygen atoms in total. The topological polar surface area (TPSA) is 65.7 Å². The fraction of sp³-hybridized carbons (Fsp3) is 0.242. The molecule has 1 saturated carbocycles. The molecule has 5 aromatic rings. The van der Waals surface area contributed by atoms with E-state index >= 15 is 0 Å². The number of rotatable bonds is 7. The largest absolute Gasteiger partial charge is 0.493 e. The first-order valence-electron chi connectivity index (χ1n) is 13.6. The molecule has 0 radical (unpaired) electrons. The molecule has 1 aliphatic rings. The maximum absolute atomic E-state index is 13.6. The molecular weight excluding hydrogens is 566 g/mol. The van der Waals surface area contributed by atoms with Crippen molar-refractivity contribution in [3.05, 3.63) is 111 Å². The van der Waals surface area contributed by atoms with Gasteiger partial charge in [-0.3, -0.25) is 4.79 Å². The molecule has 0 amide bonds. The van der Waals surface area contributed by atoms with Crippen molar-refractivity contribution in [2.45, 2.75) is 44.6 Å². The van der Waals surface area contributed by atoms with E-state index in [1.54, 1.807) is 13.3 Å². The number of ether oxygens (including phenoxy) is 2. The van der Waals surface area contributed by atoms with Crippen molar-refractivity contribution in [1.82, 2.24) is 9.66 Å². The number of hydrogen-bond donors (Lipinski definition) is 0. The van der Waals surface area contributed by atoms with Gasteiger partial charge in [0.2, 0.25) is 0 Å². The molecule has 0 atom stereocenters. The molecule has 0 aliphatic heterocycles. The molecule has 0 N–H and O–H groups in total. The number of halogens is 1. The zero-order valence-corrected chi connectivity index (χ0v) is 23.9. The van der Waals surface area contributed by atoms with Crippen LogP contribution in [-0.2, 0) is 6.61 Å². The summed E-state index contributed by atoms with van der Waals surface area (Å²) in [5, 5.41) is 7.56. The van der Waals surface area contributed by atoms with Gasteiger partial charge < -0.3 is 9.47 Å². The van der Waals surface area contributed by atoms with Gasteiger partial charge in [0.25, 0.3) is 5.56 Å². The van der Waals surface area contributed by atoms with Gasteiger partial charge in [0.05, 0.1) is 24.2 Å². The number of fused-ring (bicyclic) bond motifs is 2. The van der Waals surface area contributed by atoms with Gasteiger partial charge in [-0.2, -0.15) is 9.78 Å². The van der Waals surface area contributed by atoms with Crippen LogP contribution in [0, 0.1) is 0 Å². The summed E-state index contributed by atoms with van der Waals surface area (Å²) in [4.78, 5) is 18.5. The standard InChI is InChI=1S/C33H30BrN3O3/c1-39-31-18-22(14-17-30(31)40-21-25-12-7-11-23-8-5-6-13-27(23)25)20-35-37-32(24-9-3-2-4-10-24)36-29-16-15-26(34)19-28(29)33(37)38/h5-8,11-20,24H,2-4,9-10,21H2,1H3. The fourth-order valence-corrected chi connectivity index (χ4v) is 5.85. The summed E-state index contributed by atoms with van der Waals surface area (Å²) >= 11 is 3.48. The maximum Gasteiger partial charge on any atom is 0.282 e. The van der Waals surface area contributed by atoms with Gasteiger partial charge in [0.1, 0.15) is 12.4 Å². The number of hydrogen-bond acceptors (Lipinski definition) is 5. The van der Waals surface area contributed by atoms with Gasteiger partial charge in [0, 0.05) is 10.4 Å². The van der Waals surface area contributed by atoms with Crippen LogP contribution in [0.5, 0.6) is 11.5 Å². The summed E-state index contributed by atoms with van der Waals surface area (Å²) in [7, 11) is 1.62. The summed E-state index contributed by atoms with van der Waals surface area (Å²) in [6, 6.07) is 25.8. The molecule has 0 bridgehead atoms. The molecule has 6 rings (SSSR count). The SMILES string of the molecule is COc1cc(C=Nn2c(C3CCCCC3)nc3ccc(Br)cc3c2=O)ccc1OCc1cccc2ccccc12. The summed E-state index contributed by atoms with van der Waals surface area (Å²) < 4.78 is 14.2. The Balaban J connectivity index is 1.30. The number of methoxy groups -OCH3 is 1. The predicted octanol–water partition coefficient (Wildman–Crippen LogP) is 7.83. The van der Waals surface area contributed by atoms with Crippen LogP contribution in [0.15, 0.2) is 93.2 Å². The molecule has 4 aromatic carbocycles. The van der Waals surface area contributed by atoms with Gasteiger partial charge in [-0.1, -0.05) is 77.7 Å². The summed E-state index contributed by atoms with van der Waals surface area (Å²) in [6.07, 6.45) is 7.22. The van der Waals surface area contributed by atoms with Crippen LogP contribution in [0.2, 0.25) is 0 Å². The summed E-state index contributed by atoms with van der Waals surface area (Å²) in [6.45, 7) is 0.420. The zero-order valence-electron chi connectivity index (χ0n) is 22.3. The smallest absolute Gasteiger partial charge is 0.282 e. The Kier molecular flexibility index (Phi) is 7.64. The van der Waals surface area contributed by atoms with Crippen molar-refractivity contribution < 1.29 is 9.47 Å². The highest BCUT2D eigenvalue weighted by atomic mass is 79.9. The monoisotopic (exact) mass is 595 g/mol. The normalized spacial score (nSPS) is 14.2. The minimum atomic E-state index is -0.162. The Morgan fingerprint density at radius 2 is 1.77 bits per heavy atom. The highest BCUT2D eigenvalue weighted by Gasteiger charge is 2.22. The van der Waals surface area contributed by atoms with Crippen molar-refractivity contribution in [2.75, 3.05) is 7.11 Å². The Morgan fingerprint density at radius 3 is 2.62 bits per heavy atom. The molecule has 1 aromatic heterocycles. The van der Waals surface area contributed by atoms with Gasteiger partial charge in [0.15, 0.2) is 11.5 Å². The lowest BCUT2D eigenvalue weighted by molar-refractivity contribution is 0.285. The van der Waals surface area contributed by atoms with Crippen molar-refractivity contribution in [3.8, 4) is 11.5 Å². The molecule has 1 aliphatic carbocycles. The third kappa shape index (κ3) is 5.39. The number of benzene rings is 4. The van der Waals surface area contributed by atoms with Crippen LogP contribution < -0.4 is 15.0 Å². The fourth-order valence-electron chi connectivity index (χ4n) is 5.48. The lowest BCUT2D eigenvalue weighted by atomic mass is 9.88. The molecular formula is C33H30BrN3O3. The average molecular weight is 597 g/mol. The Hall–Kier alpha value is -3.97. The van der Waals surface area contributed by atoms with E-state index in [1.807, 2.05) is 54.6 Å². The zero-order chi connectivity index (χ0) is 27.5. The van der Waals surface area contributed by atoms with E-state index in [2.05, 4.69) is 45.3 Å². The van der Waals surface area contributed by atoms with E-state index < -0.39 is 0 Å². The quantitative estimate of drug-likeness (QED) is 0.180. The first kappa shape index (κ1) is 26.3. The molecule has 1 fully saturated rings. The number of aromatic nitrogens is 2.